The van der Waals surface area contributed by atoms with E-state index >= 15 is 0 Å². The molecule has 0 N–H and O–H groups in total. The first-order chi connectivity index (χ1) is 10.5. The van der Waals surface area contributed by atoms with Gasteiger partial charge in [0.15, 0.2) is 0 Å². The Hall–Kier alpha value is -1.32. The summed E-state index contributed by atoms with van der Waals surface area (Å²) in [7, 11) is 0. The van der Waals surface area contributed by atoms with Gasteiger partial charge < -0.3 is 9.57 Å². The molecule has 2 heterocycles. The van der Waals surface area contributed by atoms with Gasteiger partial charge in [0.25, 0.3) is 0 Å². The van der Waals surface area contributed by atoms with Gasteiger partial charge in [-0.1, -0.05) is 25.9 Å². The van der Waals surface area contributed by atoms with E-state index in [4.69, 9.17) is 14.6 Å². The lowest BCUT2D eigenvalue weighted by molar-refractivity contribution is 0.0123. The van der Waals surface area contributed by atoms with E-state index in [-0.39, 0.29) is 23.2 Å². The standard InChI is InChI=1S/C19H32N2O2/c1-12(2)22-16-13(3)20-17(18(4,5)6)15(16)10-9-14-11-19(7,8)23-21-14/h12-13H,9-11H2,1-8H3. The largest absolute Gasteiger partial charge is 0.493 e. The predicted octanol–water partition coefficient (Wildman–Crippen LogP) is 4.89. The number of rotatable bonds is 5. The number of hydrogen-bond donors (Lipinski definition) is 0. The van der Waals surface area contributed by atoms with Crippen molar-refractivity contribution in [3.05, 3.63) is 11.3 Å². The Kier molecular flexibility index (Phi) is 4.93. The van der Waals surface area contributed by atoms with E-state index in [2.05, 4.69) is 60.5 Å². The van der Waals surface area contributed by atoms with E-state index in [0.29, 0.717) is 0 Å². The summed E-state index contributed by atoms with van der Waals surface area (Å²) in [4.78, 5) is 10.4. The lowest BCUT2D eigenvalue weighted by atomic mass is 9.83. The van der Waals surface area contributed by atoms with Crippen molar-refractivity contribution in [1.82, 2.24) is 0 Å². The summed E-state index contributed by atoms with van der Waals surface area (Å²) in [6, 6.07) is 0.111. The van der Waals surface area contributed by atoms with Crippen molar-refractivity contribution in [2.75, 3.05) is 0 Å². The Morgan fingerprint density at radius 1 is 1.26 bits per heavy atom. The number of allylic oxidation sites excluding steroid dienone is 1. The minimum Gasteiger partial charge on any atom is -0.493 e. The van der Waals surface area contributed by atoms with Crippen LogP contribution >= 0.6 is 0 Å². The fourth-order valence-corrected chi connectivity index (χ4v) is 3.16. The van der Waals surface area contributed by atoms with Crippen LogP contribution in [0.2, 0.25) is 0 Å². The highest BCUT2D eigenvalue weighted by atomic mass is 16.7. The van der Waals surface area contributed by atoms with Gasteiger partial charge in [0.1, 0.15) is 17.4 Å². The molecule has 2 rings (SSSR count). The third-order valence-electron chi connectivity index (χ3n) is 4.07. The van der Waals surface area contributed by atoms with Crippen molar-refractivity contribution in [3.63, 3.8) is 0 Å². The summed E-state index contributed by atoms with van der Waals surface area (Å²) >= 11 is 0. The Bertz CT molecular complexity index is 548. The second kappa shape index (κ2) is 6.29. The third kappa shape index (κ3) is 4.36. The smallest absolute Gasteiger partial charge is 0.137 e. The molecule has 0 spiro atoms. The summed E-state index contributed by atoms with van der Waals surface area (Å²) < 4.78 is 6.11. The number of oxime groups is 1. The van der Waals surface area contributed by atoms with Gasteiger partial charge in [-0.25, -0.2) is 0 Å². The van der Waals surface area contributed by atoms with Gasteiger partial charge in [-0.2, -0.15) is 0 Å². The highest BCUT2D eigenvalue weighted by molar-refractivity contribution is 6.06. The van der Waals surface area contributed by atoms with Crippen LogP contribution in [-0.4, -0.2) is 29.2 Å². The molecule has 1 unspecified atom stereocenters. The van der Waals surface area contributed by atoms with Gasteiger partial charge >= 0.3 is 0 Å². The van der Waals surface area contributed by atoms with Crippen molar-refractivity contribution in [2.24, 2.45) is 15.6 Å². The molecule has 23 heavy (non-hydrogen) atoms. The van der Waals surface area contributed by atoms with Crippen LogP contribution in [0.3, 0.4) is 0 Å². The zero-order valence-electron chi connectivity index (χ0n) is 16.0. The first-order valence-electron chi connectivity index (χ1n) is 8.72. The molecule has 130 valence electrons. The monoisotopic (exact) mass is 320 g/mol. The molecular weight excluding hydrogens is 288 g/mol. The normalized spacial score (nSPS) is 24.0. The van der Waals surface area contributed by atoms with Gasteiger partial charge in [0, 0.05) is 23.1 Å². The molecule has 2 aliphatic rings. The molecule has 0 amide bonds. The van der Waals surface area contributed by atoms with E-state index in [1.807, 2.05) is 0 Å². The summed E-state index contributed by atoms with van der Waals surface area (Å²) in [5.41, 5.74) is 3.45. The maximum absolute atomic E-state index is 6.11. The molecule has 4 nitrogen and oxygen atoms in total. The maximum Gasteiger partial charge on any atom is 0.137 e. The number of nitrogens with zero attached hydrogens (tertiary/aromatic N) is 2. The van der Waals surface area contributed by atoms with Crippen LogP contribution in [0.25, 0.3) is 0 Å². The van der Waals surface area contributed by atoms with E-state index < -0.39 is 0 Å². The Labute approximate surface area is 141 Å². The molecule has 0 aromatic carbocycles. The molecule has 4 heteroatoms. The van der Waals surface area contributed by atoms with E-state index in [1.54, 1.807) is 0 Å². The predicted molar refractivity (Wildman–Crippen MR) is 96.0 cm³/mol. The van der Waals surface area contributed by atoms with Gasteiger partial charge in [0.05, 0.1) is 11.8 Å². The molecular formula is C19H32N2O2. The number of hydrogen-bond acceptors (Lipinski definition) is 4. The summed E-state index contributed by atoms with van der Waals surface area (Å²) in [5, 5.41) is 4.26. The van der Waals surface area contributed by atoms with Gasteiger partial charge in [0.2, 0.25) is 0 Å². The number of ether oxygens (including phenoxy) is 1. The molecule has 0 saturated carbocycles. The minimum absolute atomic E-state index is 0.0267. The lowest BCUT2D eigenvalue weighted by Crippen LogP contribution is -2.22. The van der Waals surface area contributed by atoms with Crippen molar-refractivity contribution in [2.45, 2.75) is 92.4 Å². The fraction of sp³-hybridized carbons (Fsp3) is 0.789. The van der Waals surface area contributed by atoms with Crippen LogP contribution in [-0.2, 0) is 9.57 Å². The zero-order chi connectivity index (χ0) is 17.4. The topological polar surface area (TPSA) is 43.2 Å². The molecule has 1 atom stereocenters. The van der Waals surface area contributed by atoms with E-state index in [1.165, 1.54) is 11.3 Å². The average molecular weight is 320 g/mol. The van der Waals surface area contributed by atoms with Crippen LogP contribution in [0.1, 0.15) is 74.7 Å². The molecule has 0 radical (unpaired) electrons. The van der Waals surface area contributed by atoms with Crippen molar-refractivity contribution < 1.29 is 9.57 Å². The lowest BCUT2D eigenvalue weighted by Gasteiger charge is -2.22. The molecule has 0 fully saturated rings. The highest BCUT2D eigenvalue weighted by Gasteiger charge is 2.35. The first-order valence-corrected chi connectivity index (χ1v) is 8.72. The SMILES string of the molecule is CC(C)OC1=C(CCC2=NOC(C)(C)C2)C(C(C)(C)C)=NC1C. The molecule has 0 aromatic heterocycles. The van der Waals surface area contributed by atoms with E-state index in [0.717, 1.165) is 30.7 Å². The Balaban J connectivity index is 2.18. The highest BCUT2D eigenvalue weighted by Crippen LogP contribution is 2.36. The van der Waals surface area contributed by atoms with Crippen LogP contribution in [0, 0.1) is 5.41 Å². The zero-order valence-corrected chi connectivity index (χ0v) is 16.0. The van der Waals surface area contributed by atoms with Crippen LogP contribution in [0.15, 0.2) is 21.5 Å². The molecule has 0 aliphatic carbocycles. The van der Waals surface area contributed by atoms with Crippen LogP contribution < -0.4 is 0 Å². The maximum atomic E-state index is 6.11. The summed E-state index contributed by atoms with van der Waals surface area (Å²) in [5.74, 6) is 1.05. The summed E-state index contributed by atoms with van der Waals surface area (Å²) in [6.45, 7) is 17.1. The quantitative estimate of drug-likeness (QED) is 0.724. The van der Waals surface area contributed by atoms with Crippen molar-refractivity contribution in [3.8, 4) is 0 Å². The summed E-state index contributed by atoms with van der Waals surface area (Å²) in [6.07, 6.45) is 2.90. The molecule has 0 saturated heterocycles. The number of aliphatic imine (C=N–C) groups is 1. The molecule has 2 aliphatic heterocycles. The van der Waals surface area contributed by atoms with Crippen molar-refractivity contribution >= 4 is 11.4 Å². The Morgan fingerprint density at radius 3 is 2.39 bits per heavy atom. The molecule has 0 bridgehead atoms. The van der Waals surface area contributed by atoms with Gasteiger partial charge in [-0.3, -0.25) is 4.99 Å². The fourth-order valence-electron chi connectivity index (χ4n) is 3.16. The Morgan fingerprint density at radius 2 is 1.91 bits per heavy atom. The second-order valence-corrected chi connectivity index (χ2v) is 8.60. The minimum atomic E-state index is -0.162. The first kappa shape index (κ1) is 18.0. The third-order valence-corrected chi connectivity index (χ3v) is 4.07. The van der Waals surface area contributed by atoms with Crippen molar-refractivity contribution in [1.29, 1.82) is 0 Å². The van der Waals surface area contributed by atoms with Gasteiger partial charge in [-0.15, -0.1) is 0 Å². The van der Waals surface area contributed by atoms with Crippen LogP contribution in [0.5, 0.6) is 0 Å². The van der Waals surface area contributed by atoms with Crippen LogP contribution in [0.4, 0.5) is 0 Å². The molecule has 0 aromatic rings. The average Bonchev–Trinajstić information content (AvgIpc) is 2.88. The second-order valence-electron chi connectivity index (χ2n) is 8.60. The van der Waals surface area contributed by atoms with E-state index in [9.17, 15) is 0 Å². The van der Waals surface area contributed by atoms with Gasteiger partial charge in [-0.05, 0) is 47.5 Å².